The van der Waals surface area contributed by atoms with Gasteiger partial charge in [0.25, 0.3) is 0 Å². The second kappa shape index (κ2) is 7.05. The molecule has 2 amide bonds. The van der Waals surface area contributed by atoms with Crippen LogP contribution in [0.5, 0.6) is 0 Å². The van der Waals surface area contributed by atoms with Gasteiger partial charge < -0.3 is 20.8 Å². The lowest BCUT2D eigenvalue weighted by Crippen LogP contribution is -2.46. The molecule has 0 radical (unpaired) electrons. The number of carbonyl (C=O) groups is 2. The van der Waals surface area contributed by atoms with E-state index in [9.17, 15) is 9.59 Å². The van der Waals surface area contributed by atoms with Crippen LogP contribution >= 0.6 is 0 Å². The van der Waals surface area contributed by atoms with E-state index in [-0.39, 0.29) is 12.6 Å². The van der Waals surface area contributed by atoms with Crippen LogP contribution in [-0.2, 0) is 4.79 Å². The highest BCUT2D eigenvalue weighted by Crippen LogP contribution is 2.05. The number of carbonyl (C=O) groups excluding carboxylic acids is 1. The van der Waals surface area contributed by atoms with E-state index in [1.54, 1.807) is 0 Å². The van der Waals surface area contributed by atoms with Crippen LogP contribution in [0.15, 0.2) is 0 Å². The molecule has 4 N–H and O–H groups in total. The minimum atomic E-state index is -1.57. The summed E-state index contributed by atoms with van der Waals surface area (Å²) in [6.07, 6.45) is -0.621. The summed E-state index contributed by atoms with van der Waals surface area (Å²) in [5.74, 6) is -1.01. The highest BCUT2D eigenvalue weighted by Gasteiger charge is 2.16. The molecule has 2 unspecified atom stereocenters. The van der Waals surface area contributed by atoms with Crippen molar-refractivity contribution >= 4 is 12.0 Å². The molecular weight excluding hydrogens is 212 g/mol. The van der Waals surface area contributed by atoms with Crippen molar-refractivity contribution in [3.05, 3.63) is 0 Å². The van der Waals surface area contributed by atoms with Gasteiger partial charge in [-0.1, -0.05) is 20.3 Å². The monoisotopic (exact) mass is 232 g/mol. The molecule has 16 heavy (non-hydrogen) atoms. The normalized spacial score (nSPS) is 16.0. The van der Waals surface area contributed by atoms with Crippen LogP contribution in [0.3, 0.4) is 0 Å². The third-order valence-corrected chi connectivity index (χ3v) is 2.60. The lowest BCUT2D eigenvalue weighted by molar-refractivity contribution is -0.146. The molecule has 0 aliphatic carbocycles. The van der Waals surface area contributed by atoms with Crippen molar-refractivity contribution in [1.82, 2.24) is 10.6 Å². The highest BCUT2D eigenvalue weighted by atomic mass is 16.4. The van der Waals surface area contributed by atoms with Crippen molar-refractivity contribution in [3.8, 4) is 0 Å². The second-order valence-corrected chi connectivity index (χ2v) is 3.88. The van der Waals surface area contributed by atoms with Gasteiger partial charge in [-0.2, -0.15) is 0 Å². The van der Waals surface area contributed by atoms with Gasteiger partial charge in [0, 0.05) is 6.04 Å². The largest absolute Gasteiger partial charge is 0.479 e. The van der Waals surface area contributed by atoms with E-state index in [0.717, 1.165) is 6.42 Å². The molecule has 6 nitrogen and oxygen atoms in total. The number of aliphatic carboxylic acids is 1. The number of amides is 2. The minimum Gasteiger partial charge on any atom is -0.479 e. The molecule has 6 heteroatoms. The summed E-state index contributed by atoms with van der Waals surface area (Å²) in [4.78, 5) is 21.5. The lowest BCUT2D eigenvalue weighted by atomic mass is 10.0. The number of carboxylic acids is 1. The van der Waals surface area contributed by atoms with Gasteiger partial charge in [-0.25, -0.2) is 9.59 Å². The van der Waals surface area contributed by atoms with Crippen LogP contribution < -0.4 is 10.6 Å². The Morgan fingerprint density at radius 2 is 1.88 bits per heavy atom. The Morgan fingerprint density at radius 3 is 2.31 bits per heavy atom. The standard InChI is InChI=1S/C10H20N2O4/c1-4-6(2)7(3)12-10(16)11-5-8(13)9(14)15/h6-8,13H,4-5H2,1-3H3,(H,14,15)(H2,11,12,16)/t6?,7?,8-/m0/s1. The van der Waals surface area contributed by atoms with Crippen LogP contribution in [0.4, 0.5) is 4.79 Å². The van der Waals surface area contributed by atoms with Crippen molar-refractivity contribution in [2.45, 2.75) is 39.3 Å². The summed E-state index contributed by atoms with van der Waals surface area (Å²) < 4.78 is 0. The van der Waals surface area contributed by atoms with Crippen LogP contribution in [0, 0.1) is 5.92 Å². The van der Waals surface area contributed by atoms with E-state index >= 15 is 0 Å². The molecule has 94 valence electrons. The fourth-order valence-corrected chi connectivity index (χ4v) is 1.03. The molecule has 0 aromatic heterocycles. The Morgan fingerprint density at radius 1 is 1.31 bits per heavy atom. The van der Waals surface area contributed by atoms with Crippen molar-refractivity contribution in [2.75, 3.05) is 6.54 Å². The fraction of sp³-hybridized carbons (Fsp3) is 0.800. The Hall–Kier alpha value is -1.30. The Bertz CT molecular complexity index is 245. The van der Waals surface area contributed by atoms with Gasteiger partial charge in [0.1, 0.15) is 0 Å². The summed E-state index contributed by atoms with van der Waals surface area (Å²) in [7, 11) is 0. The molecule has 0 aliphatic rings. The summed E-state index contributed by atoms with van der Waals surface area (Å²) in [5.41, 5.74) is 0. The molecule has 0 fully saturated rings. The molecule has 0 rings (SSSR count). The van der Waals surface area contributed by atoms with Crippen LogP contribution in [0.1, 0.15) is 27.2 Å². The second-order valence-electron chi connectivity index (χ2n) is 3.88. The molecule has 0 heterocycles. The van der Waals surface area contributed by atoms with E-state index in [1.807, 2.05) is 20.8 Å². The number of urea groups is 1. The van der Waals surface area contributed by atoms with E-state index in [4.69, 9.17) is 10.2 Å². The Balaban J connectivity index is 3.87. The predicted molar refractivity (Wildman–Crippen MR) is 59.1 cm³/mol. The zero-order valence-corrected chi connectivity index (χ0v) is 9.86. The minimum absolute atomic E-state index is 0.00645. The maximum Gasteiger partial charge on any atom is 0.334 e. The van der Waals surface area contributed by atoms with Crippen molar-refractivity contribution in [2.24, 2.45) is 5.92 Å². The van der Waals surface area contributed by atoms with E-state index in [0.29, 0.717) is 5.92 Å². The van der Waals surface area contributed by atoms with Crippen LogP contribution in [-0.4, -0.2) is 40.9 Å². The first-order chi connectivity index (χ1) is 7.38. The van der Waals surface area contributed by atoms with Crippen LogP contribution in [0.2, 0.25) is 0 Å². The molecule has 0 aromatic carbocycles. The quantitative estimate of drug-likeness (QED) is 0.524. The molecule has 0 aromatic rings. The average Bonchev–Trinajstić information content (AvgIpc) is 2.24. The van der Waals surface area contributed by atoms with E-state index in [1.165, 1.54) is 0 Å². The van der Waals surface area contributed by atoms with Gasteiger partial charge >= 0.3 is 12.0 Å². The van der Waals surface area contributed by atoms with E-state index < -0.39 is 18.1 Å². The molecule has 0 saturated heterocycles. The Labute approximate surface area is 95.0 Å². The maximum atomic E-state index is 11.3. The molecule has 0 spiro atoms. The van der Waals surface area contributed by atoms with Gasteiger partial charge in [0.2, 0.25) is 0 Å². The zero-order valence-electron chi connectivity index (χ0n) is 9.86. The van der Waals surface area contributed by atoms with Gasteiger partial charge in [0.05, 0.1) is 6.54 Å². The fourth-order valence-electron chi connectivity index (χ4n) is 1.03. The number of aliphatic hydroxyl groups excluding tert-OH is 1. The number of nitrogens with one attached hydrogen (secondary N) is 2. The topological polar surface area (TPSA) is 98.7 Å². The van der Waals surface area contributed by atoms with Crippen LogP contribution in [0.25, 0.3) is 0 Å². The van der Waals surface area contributed by atoms with E-state index in [2.05, 4.69) is 10.6 Å². The molecule has 0 aliphatic heterocycles. The zero-order chi connectivity index (χ0) is 12.7. The smallest absolute Gasteiger partial charge is 0.334 e. The molecule has 3 atom stereocenters. The number of rotatable bonds is 6. The predicted octanol–water partition coefficient (Wildman–Crippen LogP) is 0.166. The van der Waals surface area contributed by atoms with Gasteiger partial charge in [-0.3, -0.25) is 0 Å². The summed E-state index contributed by atoms with van der Waals surface area (Å²) in [6.45, 7) is 5.61. The number of carboxylic acid groups (broad SMARTS) is 1. The first-order valence-electron chi connectivity index (χ1n) is 5.33. The van der Waals surface area contributed by atoms with Gasteiger partial charge in [-0.15, -0.1) is 0 Å². The third kappa shape index (κ3) is 5.55. The Kier molecular flexibility index (Phi) is 6.48. The number of hydrogen-bond donors (Lipinski definition) is 4. The third-order valence-electron chi connectivity index (χ3n) is 2.60. The first kappa shape index (κ1) is 14.7. The summed E-state index contributed by atoms with van der Waals surface area (Å²) in [5, 5.41) is 22.3. The van der Waals surface area contributed by atoms with Crippen molar-refractivity contribution < 1.29 is 19.8 Å². The van der Waals surface area contributed by atoms with Crippen molar-refractivity contribution in [1.29, 1.82) is 0 Å². The maximum absolute atomic E-state index is 11.3. The SMILES string of the molecule is CCC(C)C(C)NC(=O)NC[C@H](O)C(=O)O. The highest BCUT2D eigenvalue weighted by molar-refractivity contribution is 5.76. The van der Waals surface area contributed by atoms with Gasteiger partial charge in [-0.05, 0) is 12.8 Å². The average molecular weight is 232 g/mol. The molecule has 0 bridgehead atoms. The van der Waals surface area contributed by atoms with Gasteiger partial charge in [0.15, 0.2) is 6.10 Å². The summed E-state index contributed by atoms with van der Waals surface area (Å²) in [6, 6.07) is -0.458. The molecule has 0 saturated carbocycles. The molecular formula is C10H20N2O4. The van der Waals surface area contributed by atoms with Crippen molar-refractivity contribution in [3.63, 3.8) is 0 Å². The lowest BCUT2D eigenvalue weighted by Gasteiger charge is -2.20. The number of aliphatic hydroxyl groups is 1. The number of hydrogen-bond acceptors (Lipinski definition) is 3. The first-order valence-corrected chi connectivity index (χ1v) is 5.33. The summed E-state index contributed by atoms with van der Waals surface area (Å²) >= 11 is 0.